The van der Waals surface area contributed by atoms with Crippen LogP contribution < -0.4 is 5.73 Å². The molecule has 0 saturated carbocycles. The first-order valence-corrected chi connectivity index (χ1v) is 6.86. The summed E-state index contributed by atoms with van der Waals surface area (Å²) >= 11 is 4.68. The van der Waals surface area contributed by atoms with Gasteiger partial charge in [0, 0.05) is 6.20 Å². The molecule has 2 aromatic heterocycles. The lowest BCUT2D eigenvalue weighted by atomic mass is 10.3. The lowest BCUT2D eigenvalue weighted by Crippen LogP contribution is -2.06. The minimum atomic E-state index is -0.498. The first kappa shape index (κ1) is 13.8. The fraction of sp³-hybridized carbons (Fsp3) is 0.0833. The second-order valence-electron chi connectivity index (χ2n) is 3.47. The second-order valence-corrected chi connectivity index (χ2v) is 5.31. The number of aromatic nitrogens is 2. The third kappa shape index (κ3) is 3.24. The third-order valence-corrected chi connectivity index (χ3v) is 4.14. The van der Waals surface area contributed by atoms with E-state index < -0.39 is 5.97 Å². The molecule has 0 unspecified atom stereocenters. The van der Waals surface area contributed by atoms with Gasteiger partial charge in [0.2, 0.25) is 0 Å². The summed E-state index contributed by atoms with van der Waals surface area (Å²) in [4.78, 5) is 19.8. The first-order chi connectivity index (χ1) is 9.11. The van der Waals surface area contributed by atoms with E-state index in [4.69, 9.17) is 5.73 Å². The molecule has 2 aromatic rings. The normalized spacial score (nSPS) is 10.2. The van der Waals surface area contributed by atoms with Crippen molar-refractivity contribution in [1.82, 2.24) is 9.97 Å². The number of carbonyl (C=O) groups is 1. The van der Waals surface area contributed by atoms with Crippen LogP contribution in [0.4, 0.5) is 5.69 Å². The molecule has 2 rings (SSSR count). The van der Waals surface area contributed by atoms with Gasteiger partial charge in [-0.1, -0.05) is 0 Å². The third-order valence-electron chi connectivity index (χ3n) is 2.20. The maximum absolute atomic E-state index is 11.4. The van der Waals surface area contributed by atoms with Crippen LogP contribution >= 0.6 is 27.7 Å². The second kappa shape index (κ2) is 6.03. The molecular formula is C12H10BrN3O2S. The lowest BCUT2D eigenvalue weighted by molar-refractivity contribution is 0.0593. The largest absolute Gasteiger partial charge is 0.464 e. The van der Waals surface area contributed by atoms with Crippen molar-refractivity contribution in [3.8, 4) is 0 Å². The van der Waals surface area contributed by atoms with Crippen LogP contribution in [-0.4, -0.2) is 23.0 Å². The van der Waals surface area contributed by atoms with Crippen molar-refractivity contribution < 1.29 is 9.53 Å². The topological polar surface area (TPSA) is 78.1 Å². The molecule has 2 N–H and O–H groups in total. The van der Waals surface area contributed by atoms with Gasteiger partial charge in [-0.3, -0.25) is 0 Å². The van der Waals surface area contributed by atoms with E-state index in [0.29, 0.717) is 10.7 Å². The van der Waals surface area contributed by atoms with Crippen LogP contribution in [0.5, 0.6) is 0 Å². The maximum Gasteiger partial charge on any atom is 0.356 e. The molecule has 2 heterocycles. The summed E-state index contributed by atoms with van der Waals surface area (Å²) in [5.74, 6) is -0.498. The minimum absolute atomic E-state index is 0.214. The maximum atomic E-state index is 11.4. The molecule has 0 aliphatic heterocycles. The Morgan fingerprint density at radius 2 is 2.16 bits per heavy atom. The Kier molecular flexibility index (Phi) is 4.39. The molecule has 7 heteroatoms. The summed E-state index contributed by atoms with van der Waals surface area (Å²) in [7, 11) is 1.31. The van der Waals surface area contributed by atoms with Crippen LogP contribution in [0, 0.1) is 0 Å². The Bertz CT molecular complexity index is 622. The van der Waals surface area contributed by atoms with Crippen molar-refractivity contribution in [1.29, 1.82) is 0 Å². The van der Waals surface area contributed by atoms with Crippen LogP contribution in [0.25, 0.3) is 0 Å². The van der Waals surface area contributed by atoms with Crippen molar-refractivity contribution in [3.05, 3.63) is 40.6 Å². The highest BCUT2D eigenvalue weighted by Gasteiger charge is 2.13. The lowest BCUT2D eigenvalue weighted by Gasteiger charge is -2.06. The Hall–Kier alpha value is -1.60. The van der Waals surface area contributed by atoms with Gasteiger partial charge >= 0.3 is 5.97 Å². The van der Waals surface area contributed by atoms with E-state index >= 15 is 0 Å². The molecule has 0 aliphatic rings. The van der Waals surface area contributed by atoms with Crippen LogP contribution in [0.15, 0.2) is 45.0 Å². The predicted molar refractivity (Wildman–Crippen MR) is 76.0 cm³/mol. The van der Waals surface area contributed by atoms with Gasteiger partial charge in [-0.25, -0.2) is 14.8 Å². The minimum Gasteiger partial charge on any atom is -0.464 e. The molecule has 0 bridgehead atoms. The number of methoxy groups -OCH3 is 1. The highest BCUT2D eigenvalue weighted by Crippen LogP contribution is 2.33. The average molecular weight is 340 g/mol. The molecule has 0 fully saturated rings. The number of nitrogens with two attached hydrogens (primary N) is 1. The highest BCUT2D eigenvalue weighted by molar-refractivity contribution is 9.10. The number of esters is 1. The molecule has 0 amide bonds. The summed E-state index contributed by atoms with van der Waals surface area (Å²) in [6, 6.07) is 6.84. The Morgan fingerprint density at radius 1 is 1.37 bits per heavy atom. The predicted octanol–water partition coefficient (Wildman–Crippen LogP) is 2.76. The molecule has 0 radical (unpaired) electrons. The monoisotopic (exact) mass is 339 g/mol. The van der Waals surface area contributed by atoms with E-state index in [9.17, 15) is 4.79 Å². The zero-order valence-electron chi connectivity index (χ0n) is 9.96. The number of nitrogens with zero attached hydrogens (tertiary/aromatic N) is 2. The van der Waals surface area contributed by atoms with Gasteiger partial charge in [0.05, 0.1) is 17.3 Å². The molecule has 5 nitrogen and oxygen atoms in total. The van der Waals surface area contributed by atoms with Crippen LogP contribution in [0.3, 0.4) is 0 Å². The van der Waals surface area contributed by atoms with E-state index in [2.05, 4.69) is 30.6 Å². The van der Waals surface area contributed by atoms with Gasteiger partial charge in [0.1, 0.15) is 15.7 Å². The molecule has 0 aliphatic carbocycles. The zero-order chi connectivity index (χ0) is 13.8. The molecule has 0 atom stereocenters. The average Bonchev–Trinajstić information content (AvgIpc) is 2.42. The molecule has 0 spiro atoms. The fourth-order valence-corrected chi connectivity index (χ4v) is 2.58. The summed E-state index contributed by atoms with van der Waals surface area (Å²) in [6.45, 7) is 0. The van der Waals surface area contributed by atoms with Crippen molar-refractivity contribution in [2.75, 3.05) is 12.8 Å². The van der Waals surface area contributed by atoms with Crippen LogP contribution in [0.1, 0.15) is 10.5 Å². The number of nitrogen functional groups attached to an aromatic ring is 1. The number of rotatable bonds is 3. The molecule has 19 heavy (non-hydrogen) atoms. The molecular weight excluding hydrogens is 330 g/mol. The van der Waals surface area contributed by atoms with Crippen molar-refractivity contribution >= 4 is 39.3 Å². The molecule has 98 valence electrons. The van der Waals surface area contributed by atoms with Crippen molar-refractivity contribution in [3.63, 3.8) is 0 Å². The van der Waals surface area contributed by atoms with E-state index in [1.165, 1.54) is 24.9 Å². The van der Waals surface area contributed by atoms with Crippen LogP contribution in [0.2, 0.25) is 0 Å². The Morgan fingerprint density at radius 3 is 2.84 bits per heavy atom. The SMILES string of the molecule is COC(=O)c1ccc(N)c(Sc2ncccc2Br)n1. The van der Waals surface area contributed by atoms with E-state index in [1.54, 1.807) is 12.3 Å². The van der Waals surface area contributed by atoms with Gasteiger partial charge in [-0.2, -0.15) is 0 Å². The summed E-state index contributed by atoms with van der Waals surface area (Å²) in [5.41, 5.74) is 6.55. The smallest absolute Gasteiger partial charge is 0.356 e. The number of hydrogen-bond donors (Lipinski definition) is 1. The van der Waals surface area contributed by atoms with Gasteiger partial charge in [0.15, 0.2) is 0 Å². The number of ether oxygens (including phenoxy) is 1. The van der Waals surface area contributed by atoms with Crippen molar-refractivity contribution in [2.45, 2.75) is 10.1 Å². The van der Waals surface area contributed by atoms with Gasteiger partial charge in [0.25, 0.3) is 0 Å². The van der Waals surface area contributed by atoms with Gasteiger partial charge in [-0.15, -0.1) is 0 Å². The fourth-order valence-electron chi connectivity index (χ4n) is 1.29. The number of hydrogen-bond acceptors (Lipinski definition) is 6. The number of anilines is 1. The number of halogens is 1. The number of carbonyl (C=O) groups excluding carboxylic acids is 1. The highest BCUT2D eigenvalue weighted by atomic mass is 79.9. The zero-order valence-corrected chi connectivity index (χ0v) is 12.4. The standard InChI is InChI=1S/C12H10BrN3O2S/c1-18-12(17)9-5-4-8(14)11(16-9)19-10-7(13)3-2-6-15-10/h2-6H,14H2,1H3. The van der Waals surface area contributed by atoms with E-state index in [1.807, 2.05) is 12.1 Å². The summed E-state index contributed by atoms with van der Waals surface area (Å²) in [6.07, 6.45) is 1.67. The molecule has 0 aromatic carbocycles. The van der Waals surface area contributed by atoms with Gasteiger partial charge < -0.3 is 10.5 Å². The Balaban J connectivity index is 2.34. The summed E-state index contributed by atoms with van der Waals surface area (Å²) in [5, 5.41) is 1.24. The Labute approximate surface area is 122 Å². The van der Waals surface area contributed by atoms with E-state index in [0.717, 1.165) is 9.50 Å². The quantitative estimate of drug-likeness (QED) is 0.866. The van der Waals surface area contributed by atoms with Crippen LogP contribution in [-0.2, 0) is 4.74 Å². The molecule has 0 saturated heterocycles. The van der Waals surface area contributed by atoms with Crippen molar-refractivity contribution in [2.24, 2.45) is 0 Å². The van der Waals surface area contributed by atoms with Gasteiger partial charge in [-0.05, 0) is 52.0 Å². The first-order valence-electron chi connectivity index (χ1n) is 5.25. The number of pyridine rings is 2. The summed E-state index contributed by atoms with van der Waals surface area (Å²) < 4.78 is 5.47. The van der Waals surface area contributed by atoms with E-state index in [-0.39, 0.29) is 5.69 Å².